The molecule has 0 aliphatic carbocycles. The number of hydrogen-bond acceptors (Lipinski definition) is 6. The Kier molecular flexibility index (Phi) is 11.5. The van der Waals surface area contributed by atoms with Crippen LogP contribution in [0.25, 0.3) is 0 Å². The lowest BCUT2D eigenvalue weighted by Crippen LogP contribution is -2.57. The molecule has 3 rings (SSSR count). The number of methoxy groups -OCH3 is 1. The Morgan fingerprint density at radius 3 is 2.53 bits per heavy atom. The first-order chi connectivity index (χ1) is 15.1. The quantitative estimate of drug-likeness (QED) is 0.223. The standard InChI is InChI=1S/C22H36N6O3.HI/c1-18(21(29)27-9-4-5-10-27)26-11-13-28(14-12-26)22(23-2)25-17-19-7-6-8-24-20(19)31-16-15-30-3;/h6-8,18H,4-5,9-17H2,1-3H3,(H,23,25);1H. The normalized spacial score (nSPS) is 18.3. The van der Waals surface area contributed by atoms with Crippen molar-refractivity contribution in [1.82, 2.24) is 25.0 Å². The number of pyridine rings is 1. The predicted octanol–water partition coefficient (Wildman–Crippen LogP) is 1.43. The molecular weight excluding hydrogens is 523 g/mol. The van der Waals surface area contributed by atoms with E-state index in [1.807, 2.05) is 24.0 Å². The van der Waals surface area contributed by atoms with Crippen molar-refractivity contribution in [3.63, 3.8) is 0 Å². The van der Waals surface area contributed by atoms with Crippen LogP contribution in [0, 0.1) is 0 Å². The largest absolute Gasteiger partial charge is 0.475 e. The zero-order chi connectivity index (χ0) is 22.1. The van der Waals surface area contributed by atoms with E-state index in [-0.39, 0.29) is 35.9 Å². The summed E-state index contributed by atoms with van der Waals surface area (Å²) in [6, 6.07) is 3.84. The lowest BCUT2D eigenvalue weighted by molar-refractivity contribution is -0.135. The van der Waals surface area contributed by atoms with Gasteiger partial charge in [0.2, 0.25) is 11.8 Å². The molecule has 1 atom stereocenters. The van der Waals surface area contributed by atoms with E-state index in [0.29, 0.717) is 25.6 Å². The minimum Gasteiger partial charge on any atom is -0.475 e. The number of likely N-dealkylation sites (tertiary alicyclic amines) is 1. The smallest absolute Gasteiger partial charge is 0.239 e. The number of carbonyl (C=O) groups excluding carboxylic acids is 1. The van der Waals surface area contributed by atoms with Gasteiger partial charge in [-0.15, -0.1) is 24.0 Å². The molecule has 0 radical (unpaired) electrons. The second-order valence-corrected chi connectivity index (χ2v) is 7.94. The van der Waals surface area contributed by atoms with E-state index in [9.17, 15) is 4.79 Å². The van der Waals surface area contributed by atoms with Crippen molar-refractivity contribution < 1.29 is 14.3 Å². The summed E-state index contributed by atoms with van der Waals surface area (Å²) in [6.45, 7) is 8.78. The van der Waals surface area contributed by atoms with Gasteiger partial charge in [-0.2, -0.15) is 0 Å². The van der Waals surface area contributed by atoms with Gasteiger partial charge in [-0.3, -0.25) is 14.7 Å². The summed E-state index contributed by atoms with van der Waals surface area (Å²) in [4.78, 5) is 28.0. The van der Waals surface area contributed by atoms with Gasteiger partial charge >= 0.3 is 0 Å². The van der Waals surface area contributed by atoms with Crippen LogP contribution in [0.15, 0.2) is 23.3 Å². The number of nitrogens with one attached hydrogen (secondary N) is 1. The third kappa shape index (κ3) is 7.17. The highest BCUT2D eigenvalue weighted by Crippen LogP contribution is 2.16. The molecular formula is C22H37IN6O3. The number of rotatable bonds is 8. The molecule has 2 saturated heterocycles. The first-order valence-electron chi connectivity index (χ1n) is 11.2. The lowest BCUT2D eigenvalue weighted by Gasteiger charge is -2.39. The number of ether oxygens (including phenoxy) is 2. The van der Waals surface area contributed by atoms with E-state index in [2.05, 4.69) is 25.1 Å². The summed E-state index contributed by atoms with van der Waals surface area (Å²) in [5.41, 5.74) is 0.975. The van der Waals surface area contributed by atoms with Gasteiger partial charge in [-0.25, -0.2) is 4.98 Å². The second-order valence-electron chi connectivity index (χ2n) is 7.94. The summed E-state index contributed by atoms with van der Waals surface area (Å²) < 4.78 is 10.8. The van der Waals surface area contributed by atoms with Crippen molar-refractivity contribution in [3.05, 3.63) is 23.9 Å². The van der Waals surface area contributed by atoms with Gasteiger partial charge in [0.25, 0.3) is 0 Å². The maximum absolute atomic E-state index is 12.7. The van der Waals surface area contributed by atoms with E-state index in [4.69, 9.17) is 9.47 Å². The van der Waals surface area contributed by atoms with Crippen LogP contribution >= 0.6 is 24.0 Å². The fourth-order valence-electron chi connectivity index (χ4n) is 4.10. The zero-order valence-electron chi connectivity index (χ0n) is 19.5. The Morgan fingerprint density at radius 2 is 1.88 bits per heavy atom. The van der Waals surface area contributed by atoms with Gasteiger partial charge < -0.3 is 24.6 Å². The van der Waals surface area contributed by atoms with Crippen molar-refractivity contribution in [3.8, 4) is 5.88 Å². The average Bonchev–Trinajstić information content (AvgIpc) is 3.35. The van der Waals surface area contributed by atoms with Crippen molar-refractivity contribution in [2.45, 2.75) is 32.4 Å². The molecule has 1 aromatic heterocycles. The van der Waals surface area contributed by atoms with Crippen molar-refractivity contribution in [1.29, 1.82) is 0 Å². The monoisotopic (exact) mass is 560 g/mol. The molecule has 3 heterocycles. The maximum Gasteiger partial charge on any atom is 0.239 e. The highest BCUT2D eigenvalue weighted by atomic mass is 127. The molecule has 2 fully saturated rings. The van der Waals surface area contributed by atoms with Crippen LogP contribution in [-0.2, 0) is 16.1 Å². The fraction of sp³-hybridized carbons (Fsp3) is 0.682. The second kappa shape index (κ2) is 13.8. The Bertz CT molecular complexity index is 736. The van der Waals surface area contributed by atoms with Crippen LogP contribution in [-0.4, -0.2) is 104 Å². The molecule has 10 heteroatoms. The first-order valence-corrected chi connectivity index (χ1v) is 11.2. The van der Waals surface area contributed by atoms with E-state index in [1.54, 1.807) is 20.4 Å². The molecule has 1 aromatic rings. The number of aliphatic imine (C=N–C) groups is 1. The third-order valence-electron chi connectivity index (χ3n) is 5.96. The number of guanidine groups is 1. The summed E-state index contributed by atoms with van der Waals surface area (Å²) in [5, 5.41) is 3.43. The number of carbonyl (C=O) groups is 1. The van der Waals surface area contributed by atoms with Gasteiger partial charge in [0.15, 0.2) is 5.96 Å². The first kappa shape index (κ1) is 26.6. The van der Waals surface area contributed by atoms with E-state index < -0.39 is 0 Å². The maximum atomic E-state index is 12.7. The molecule has 2 aliphatic heterocycles. The summed E-state index contributed by atoms with van der Waals surface area (Å²) in [7, 11) is 3.45. The highest BCUT2D eigenvalue weighted by Gasteiger charge is 2.30. The van der Waals surface area contributed by atoms with Crippen molar-refractivity contribution in [2.24, 2.45) is 4.99 Å². The van der Waals surface area contributed by atoms with Crippen molar-refractivity contribution >= 4 is 35.8 Å². The number of piperazine rings is 1. The van der Waals surface area contributed by atoms with Gasteiger partial charge in [-0.1, -0.05) is 6.07 Å². The van der Waals surface area contributed by atoms with Crippen LogP contribution in [0.2, 0.25) is 0 Å². The minimum absolute atomic E-state index is 0. The minimum atomic E-state index is -0.0579. The Balaban J connectivity index is 0.00000363. The average molecular weight is 560 g/mol. The topological polar surface area (TPSA) is 82.5 Å². The van der Waals surface area contributed by atoms with E-state index in [0.717, 1.165) is 63.6 Å². The molecule has 1 N–H and O–H groups in total. The van der Waals surface area contributed by atoms with Crippen molar-refractivity contribution in [2.75, 3.05) is 66.6 Å². The molecule has 2 aliphatic rings. The van der Waals surface area contributed by atoms with Crippen LogP contribution in [0.1, 0.15) is 25.3 Å². The predicted molar refractivity (Wildman–Crippen MR) is 136 cm³/mol. The number of hydrogen-bond donors (Lipinski definition) is 1. The van der Waals surface area contributed by atoms with E-state index >= 15 is 0 Å². The number of nitrogens with zero attached hydrogens (tertiary/aromatic N) is 5. The highest BCUT2D eigenvalue weighted by molar-refractivity contribution is 14.0. The molecule has 9 nitrogen and oxygen atoms in total. The number of halogens is 1. The Labute approximate surface area is 208 Å². The fourth-order valence-corrected chi connectivity index (χ4v) is 4.10. The summed E-state index contributed by atoms with van der Waals surface area (Å²) in [5.74, 6) is 1.73. The van der Waals surface area contributed by atoms with Gasteiger partial charge in [0.1, 0.15) is 6.61 Å². The van der Waals surface area contributed by atoms with Gasteiger partial charge in [0.05, 0.1) is 12.6 Å². The third-order valence-corrected chi connectivity index (χ3v) is 5.96. The van der Waals surface area contributed by atoms with Gasteiger partial charge in [0, 0.05) is 71.7 Å². The SMILES string of the molecule is CN=C(NCc1cccnc1OCCOC)N1CCN(C(C)C(=O)N2CCCC2)CC1.I. The Morgan fingerprint density at radius 1 is 1.16 bits per heavy atom. The number of aromatic nitrogens is 1. The van der Waals surface area contributed by atoms with Crippen LogP contribution in [0.5, 0.6) is 5.88 Å². The van der Waals surface area contributed by atoms with Gasteiger partial charge in [-0.05, 0) is 25.8 Å². The molecule has 0 spiro atoms. The lowest BCUT2D eigenvalue weighted by atomic mass is 10.2. The molecule has 0 saturated carbocycles. The van der Waals surface area contributed by atoms with Crippen LogP contribution in [0.3, 0.4) is 0 Å². The molecule has 0 aromatic carbocycles. The summed E-state index contributed by atoms with van der Waals surface area (Å²) in [6.07, 6.45) is 3.99. The van der Waals surface area contributed by atoms with E-state index in [1.165, 1.54) is 0 Å². The molecule has 0 bridgehead atoms. The molecule has 32 heavy (non-hydrogen) atoms. The van der Waals surface area contributed by atoms with Crippen LogP contribution in [0.4, 0.5) is 0 Å². The molecule has 1 unspecified atom stereocenters. The summed E-state index contributed by atoms with van der Waals surface area (Å²) >= 11 is 0. The molecule has 180 valence electrons. The Hall–Kier alpha value is -1.66. The molecule has 1 amide bonds. The van der Waals surface area contributed by atoms with Crippen LogP contribution < -0.4 is 10.1 Å². The zero-order valence-corrected chi connectivity index (χ0v) is 21.8. The number of amides is 1.